The zero-order valence-electron chi connectivity index (χ0n) is 13.5. The molecule has 0 bridgehead atoms. The van der Waals surface area contributed by atoms with Crippen molar-refractivity contribution in [3.05, 3.63) is 53.3 Å². The summed E-state index contributed by atoms with van der Waals surface area (Å²) in [6.45, 7) is 8.26. The third kappa shape index (κ3) is 4.22. The number of aromatic nitrogens is 1. The summed E-state index contributed by atoms with van der Waals surface area (Å²) in [5.41, 5.74) is 6.09. The molecule has 2 aromatic rings. The van der Waals surface area contributed by atoms with E-state index in [1.807, 2.05) is 12.3 Å². The fraction of sp³-hybridized carbons (Fsp3) is 0.389. The SMILES string of the molecule is CCCNc1ccnc(CN(C)c2ccc(C)cc2C)c1. The predicted octanol–water partition coefficient (Wildman–Crippen LogP) is 4.16. The maximum atomic E-state index is 4.48. The van der Waals surface area contributed by atoms with Crippen molar-refractivity contribution in [3.63, 3.8) is 0 Å². The summed E-state index contributed by atoms with van der Waals surface area (Å²) < 4.78 is 0. The van der Waals surface area contributed by atoms with Crippen molar-refractivity contribution in [2.45, 2.75) is 33.7 Å². The molecule has 1 aromatic carbocycles. The quantitative estimate of drug-likeness (QED) is 0.863. The highest BCUT2D eigenvalue weighted by molar-refractivity contribution is 5.54. The lowest BCUT2D eigenvalue weighted by Crippen LogP contribution is -2.18. The van der Waals surface area contributed by atoms with Crippen molar-refractivity contribution < 1.29 is 0 Å². The second-order valence-electron chi connectivity index (χ2n) is 5.61. The first-order valence-electron chi connectivity index (χ1n) is 7.57. The van der Waals surface area contributed by atoms with Gasteiger partial charge >= 0.3 is 0 Å². The van der Waals surface area contributed by atoms with Crippen LogP contribution in [0, 0.1) is 13.8 Å². The number of aryl methyl sites for hydroxylation is 2. The number of hydrogen-bond acceptors (Lipinski definition) is 3. The summed E-state index contributed by atoms with van der Waals surface area (Å²) >= 11 is 0. The molecule has 0 amide bonds. The van der Waals surface area contributed by atoms with Crippen molar-refractivity contribution in [2.75, 3.05) is 23.8 Å². The largest absolute Gasteiger partial charge is 0.385 e. The van der Waals surface area contributed by atoms with Crippen LogP contribution >= 0.6 is 0 Å². The molecule has 1 N–H and O–H groups in total. The van der Waals surface area contributed by atoms with Gasteiger partial charge < -0.3 is 10.2 Å². The molecule has 112 valence electrons. The summed E-state index contributed by atoms with van der Waals surface area (Å²) in [6, 6.07) is 10.7. The Kier molecular flexibility index (Phi) is 5.20. The average Bonchev–Trinajstić information content (AvgIpc) is 2.45. The van der Waals surface area contributed by atoms with Crippen molar-refractivity contribution >= 4 is 11.4 Å². The highest BCUT2D eigenvalue weighted by atomic mass is 15.1. The first-order chi connectivity index (χ1) is 10.1. The molecule has 0 aliphatic carbocycles. The summed E-state index contributed by atoms with van der Waals surface area (Å²) in [5, 5.41) is 3.41. The molecule has 2 rings (SSSR count). The van der Waals surface area contributed by atoms with E-state index in [4.69, 9.17) is 0 Å². The fourth-order valence-electron chi connectivity index (χ4n) is 2.51. The molecule has 0 radical (unpaired) electrons. The van der Waals surface area contributed by atoms with Crippen molar-refractivity contribution in [1.82, 2.24) is 4.98 Å². The molecule has 0 atom stereocenters. The lowest BCUT2D eigenvalue weighted by atomic mass is 10.1. The third-order valence-electron chi connectivity index (χ3n) is 3.56. The Morgan fingerprint density at radius 2 is 1.95 bits per heavy atom. The molecule has 0 saturated carbocycles. The fourth-order valence-corrected chi connectivity index (χ4v) is 2.51. The van der Waals surface area contributed by atoms with Gasteiger partial charge in [0, 0.05) is 31.2 Å². The summed E-state index contributed by atoms with van der Waals surface area (Å²) in [7, 11) is 2.12. The molecule has 3 nitrogen and oxygen atoms in total. The topological polar surface area (TPSA) is 28.2 Å². The minimum Gasteiger partial charge on any atom is -0.385 e. The van der Waals surface area contributed by atoms with Crippen LogP contribution in [0.1, 0.15) is 30.2 Å². The van der Waals surface area contributed by atoms with Crippen LogP contribution in [-0.4, -0.2) is 18.6 Å². The van der Waals surface area contributed by atoms with E-state index in [-0.39, 0.29) is 0 Å². The van der Waals surface area contributed by atoms with E-state index in [1.54, 1.807) is 0 Å². The molecule has 0 aliphatic heterocycles. The van der Waals surface area contributed by atoms with Gasteiger partial charge in [-0.15, -0.1) is 0 Å². The molecule has 0 aliphatic rings. The smallest absolute Gasteiger partial charge is 0.0617 e. The number of nitrogens with zero attached hydrogens (tertiary/aromatic N) is 2. The minimum absolute atomic E-state index is 0.811. The second kappa shape index (κ2) is 7.11. The Hall–Kier alpha value is -2.03. The Balaban J connectivity index is 2.10. The van der Waals surface area contributed by atoms with Crippen molar-refractivity contribution in [3.8, 4) is 0 Å². The van der Waals surface area contributed by atoms with E-state index in [9.17, 15) is 0 Å². The monoisotopic (exact) mass is 283 g/mol. The molecule has 0 saturated heterocycles. The van der Waals surface area contributed by atoms with Gasteiger partial charge in [-0.1, -0.05) is 24.6 Å². The highest BCUT2D eigenvalue weighted by Gasteiger charge is 2.07. The van der Waals surface area contributed by atoms with Crippen LogP contribution in [0.5, 0.6) is 0 Å². The summed E-state index contributed by atoms with van der Waals surface area (Å²) in [5.74, 6) is 0. The minimum atomic E-state index is 0.811. The van der Waals surface area contributed by atoms with Crippen LogP contribution in [0.15, 0.2) is 36.5 Å². The molecule has 3 heteroatoms. The number of pyridine rings is 1. The van der Waals surface area contributed by atoms with E-state index in [0.29, 0.717) is 0 Å². The number of hydrogen-bond donors (Lipinski definition) is 1. The van der Waals surface area contributed by atoms with E-state index in [0.717, 1.165) is 30.9 Å². The molecular weight excluding hydrogens is 258 g/mol. The lowest BCUT2D eigenvalue weighted by Gasteiger charge is -2.21. The zero-order chi connectivity index (χ0) is 15.2. The molecule has 21 heavy (non-hydrogen) atoms. The van der Waals surface area contributed by atoms with E-state index >= 15 is 0 Å². The molecule has 0 fully saturated rings. The molecule has 0 spiro atoms. The Bertz CT molecular complexity index is 593. The van der Waals surface area contributed by atoms with Crippen molar-refractivity contribution in [2.24, 2.45) is 0 Å². The molecular formula is C18H25N3. The van der Waals surface area contributed by atoms with Gasteiger partial charge in [0.1, 0.15) is 0 Å². The van der Waals surface area contributed by atoms with Gasteiger partial charge in [0.15, 0.2) is 0 Å². The first-order valence-corrected chi connectivity index (χ1v) is 7.57. The van der Waals surface area contributed by atoms with Gasteiger partial charge in [-0.25, -0.2) is 0 Å². The van der Waals surface area contributed by atoms with Crippen molar-refractivity contribution in [1.29, 1.82) is 0 Å². The summed E-state index contributed by atoms with van der Waals surface area (Å²) in [6.07, 6.45) is 3.00. The van der Waals surface area contributed by atoms with Gasteiger partial charge in [-0.2, -0.15) is 0 Å². The van der Waals surface area contributed by atoms with Gasteiger partial charge in [-0.3, -0.25) is 4.98 Å². The van der Waals surface area contributed by atoms with Crippen LogP contribution in [0.25, 0.3) is 0 Å². The normalized spacial score (nSPS) is 10.5. The number of benzene rings is 1. The zero-order valence-corrected chi connectivity index (χ0v) is 13.5. The van der Waals surface area contributed by atoms with E-state index < -0.39 is 0 Å². The van der Waals surface area contributed by atoms with Gasteiger partial charge in [0.2, 0.25) is 0 Å². The Morgan fingerprint density at radius 3 is 2.67 bits per heavy atom. The van der Waals surface area contributed by atoms with E-state index in [1.165, 1.54) is 16.8 Å². The Morgan fingerprint density at radius 1 is 1.14 bits per heavy atom. The predicted molar refractivity (Wildman–Crippen MR) is 91.0 cm³/mol. The van der Waals surface area contributed by atoms with Gasteiger partial charge in [-0.05, 0) is 44.0 Å². The van der Waals surface area contributed by atoms with Crippen LogP contribution in [0.2, 0.25) is 0 Å². The third-order valence-corrected chi connectivity index (χ3v) is 3.56. The van der Waals surface area contributed by atoms with Crippen LogP contribution in [-0.2, 0) is 6.54 Å². The molecule has 1 heterocycles. The molecule has 0 unspecified atom stereocenters. The lowest BCUT2D eigenvalue weighted by molar-refractivity contribution is 0.879. The van der Waals surface area contributed by atoms with Crippen LogP contribution in [0.3, 0.4) is 0 Å². The van der Waals surface area contributed by atoms with Gasteiger partial charge in [0.05, 0.1) is 12.2 Å². The van der Waals surface area contributed by atoms with Gasteiger partial charge in [0.25, 0.3) is 0 Å². The second-order valence-corrected chi connectivity index (χ2v) is 5.61. The van der Waals surface area contributed by atoms with E-state index in [2.05, 4.69) is 67.3 Å². The maximum absolute atomic E-state index is 4.48. The summed E-state index contributed by atoms with van der Waals surface area (Å²) in [4.78, 5) is 6.73. The van der Waals surface area contributed by atoms with Crippen LogP contribution < -0.4 is 10.2 Å². The number of nitrogens with one attached hydrogen (secondary N) is 1. The highest BCUT2D eigenvalue weighted by Crippen LogP contribution is 2.21. The Labute approximate surface area is 128 Å². The van der Waals surface area contributed by atoms with Crippen LogP contribution in [0.4, 0.5) is 11.4 Å². The average molecular weight is 283 g/mol. The maximum Gasteiger partial charge on any atom is 0.0617 e. The molecule has 1 aromatic heterocycles. The first kappa shape index (κ1) is 15.4. The number of rotatable bonds is 6. The number of anilines is 2. The standard InChI is InChI=1S/C18H25N3/c1-5-9-19-16-8-10-20-17(12-16)13-21(4)18-7-6-14(2)11-15(18)3/h6-8,10-12H,5,9,13H2,1-4H3,(H,19,20).